The second-order valence-electron chi connectivity index (χ2n) is 6.46. The van der Waals surface area contributed by atoms with E-state index in [1.54, 1.807) is 20.8 Å². The number of hydrogen-bond acceptors (Lipinski definition) is 3. The number of rotatable bonds is 6. The molecule has 1 aromatic rings. The van der Waals surface area contributed by atoms with Gasteiger partial charge in [-0.2, -0.15) is 0 Å². The van der Waals surface area contributed by atoms with Crippen molar-refractivity contribution in [1.29, 1.82) is 0 Å². The molecule has 0 aliphatic rings. The maximum absolute atomic E-state index is 12.6. The number of carbonyl (C=O) groups is 2. The van der Waals surface area contributed by atoms with Crippen molar-refractivity contribution in [3.8, 4) is 0 Å². The molecule has 20 heavy (non-hydrogen) atoms. The Morgan fingerprint density at radius 2 is 1.60 bits per heavy atom. The van der Waals surface area contributed by atoms with Crippen molar-refractivity contribution in [2.24, 2.45) is 5.92 Å². The average molecular weight is 292 g/mol. The van der Waals surface area contributed by atoms with Gasteiger partial charge in [0.1, 0.15) is 5.60 Å². The molecule has 0 saturated heterocycles. The monoisotopic (exact) mass is 292 g/mol. The lowest BCUT2D eigenvalue weighted by molar-refractivity contribution is -0.148. The number of ketones is 2. The van der Waals surface area contributed by atoms with Crippen molar-refractivity contribution in [3.05, 3.63) is 35.9 Å². The molecule has 1 aromatic carbocycles. The fraction of sp³-hybridized carbons (Fsp3) is 0.500. The van der Waals surface area contributed by atoms with Gasteiger partial charge < -0.3 is 4.43 Å². The van der Waals surface area contributed by atoms with Crippen LogP contribution in [0.4, 0.5) is 0 Å². The molecule has 0 spiro atoms. The molecular weight excluding hydrogens is 268 g/mol. The van der Waals surface area contributed by atoms with Crippen LogP contribution in [0.25, 0.3) is 0 Å². The minimum Gasteiger partial charge on any atom is -0.401 e. The number of benzene rings is 1. The number of Topliss-reactive ketones (excluding diaryl/α,β-unsaturated/α-hetero) is 2. The molecule has 1 unspecified atom stereocenters. The Labute approximate surface area is 122 Å². The lowest BCUT2D eigenvalue weighted by Gasteiger charge is -2.35. The SMILES string of the molecule is CC(C)C(=O)C(=O)C(C)(O[Si](C)(C)C)c1ccccc1. The van der Waals surface area contributed by atoms with E-state index in [4.69, 9.17) is 4.43 Å². The number of carbonyl (C=O) groups excluding carboxylic acids is 2. The van der Waals surface area contributed by atoms with Crippen LogP contribution in [0.5, 0.6) is 0 Å². The van der Waals surface area contributed by atoms with E-state index < -0.39 is 19.7 Å². The molecule has 0 heterocycles. The zero-order chi connectivity index (χ0) is 15.6. The first-order valence-electron chi connectivity index (χ1n) is 6.92. The van der Waals surface area contributed by atoms with Gasteiger partial charge >= 0.3 is 0 Å². The summed E-state index contributed by atoms with van der Waals surface area (Å²) in [4.78, 5) is 24.8. The predicted octanol–water partition coefficient (Wildman–Crippen LogP) is 3.55. The van der Waals surface area contributed by atoms with Crippen molar-refractivity contribution in [2.45, 2.75) is 46.0 Å². The van der Waals surface area contributed by atoms with Gasteiger partial charge in [0.25, 0.3) is 0 Å². The van der Waals surface area contributed by atoms with E-state index in [2.05, 4.69) is 0 Å². The fourth-order valence-corrected chi connectivity index (χ4v) is 3.54. The molecule has 0 aromatic heterocycles. The molecule has 1 rings (SSSR count). The van der Waals surface area contributed by atoms with E-state index in [0.29, 0.717) is 0 Å². The second kappa shape index (κ2) is 6.02. The smallest absolute Gasteiger partial charge is 0.233 e. The molecular formula is C16H24O3Si. The first kappa shape index (κ1) is 16.8. The molecule has 0 amide bonds. The van der Waals surface area contributed by atoms with Crippen molar-refractivity contribution < 1.29 is 14.0 Å². The Bertz CT molecular complexity index is 488. The molecule has 0 N–H and O–H groups in total. The first-order valence-corrected chi connectivity index (χ1v) is 10.3. The van der Waals surface area contributed by atoms with Crippen LogP contribution in [0.3, 0.4) is 0 Å². The van der Waals surface area contributed by atoms with E-state index in [1.807, 2.05) is 50.0 Å². The summed E-state index contributed by atoms with van der Waals surface area (Å²) in [6, 6.07) is 9.27. The lowest BCUT2D eigenvalue weighted by Crippen LogP contribution is -2.48. The highest BCUT2D eigenvalue weighted by molar-refractivity contribution is 6.70. The third kappa shape index (κ3) is 3.87. The third-order valence-corrected chi connectivity index (χ3v) is 4.04. The molecule has 0 saturated carbocycles. The van der Waals surface area contributed by atoms with Gasteiger partial charge in [0.2, 0.25) is 11.6 Å². The number of hydrogen-bond donors (Lipinski definition) is 0. The van der Waals surface area contributed by atoms with Crippen LogP contribution in [0, 0.1) is 5.92 Å². The van der Waals surface area contributed by atoms with Crippen molar-refractivity contribution in [1.82, 2.24) is 0 Å². The van der Waals surface area contributed by atoms with Gasteiger partial charge in [0.15, 0.2) is 8.32 Å². The predicted molar refractivity (Wildman–Crippen MR) is 83.1 cm³/mol. The van der Waals surface area contributed by atoms with Crippen LogP contribution in [-0.4, -0.2) is 19.9 Å². The van der Waals surface area contributed by atoms with Crippen LogP contribution in [0.2, 0.25) is 19.6 Å². The van der Waals surface area contributed by atoms with Gasteiger partial charge in [-0.1, -0.05) is 44.2 Å². The third-order valence-electron chi connectivity index (χ3n) is 3.02. The summed E-state index contributed by atoms with van der Waals surface area (Å²) >= 11 is 0. The topological polar surface area (TPSA) is 43.4 Å². The van der Waals surface area contributed by atoms with Gasteiger partial charge in [0, 0.05) is 5.92 Å². The zero-order valence-corrected chi connectivity index (χ0v) is 14.2. The van der Waals surface area contributed by atoms with E-state index in [1.165, 1.54) is 0 Å². The minimum atomic E-state index is -1.99. The maximum Gasteiger partial charge on any atom is 0.233 e. The summed E-state index contributed by atoms with van der Waals surface area (Å²) in [7, 11) is -1.99. The average Bonchev–Trinajstić information content (AvgIpc) is 2.35. The van der Waals surface area contributed by atoms with Gasteiger partial charge in [0.05, 0.1) is 0 Å². The molecule has 0 bridgehead atoms. The first-order chi connectivity index (χ1) is 9.08. The van der Waals surface area contributed by atoms with Crippen molar-refractivity contribution in [3.63, 3.8) is 0 Å². The highest BCUT2D eigenvalue weighted by atomic mass is 28.4. The highest BCUT2D eigenvalue weighted by Crippen LogP contribution is 2.31. The lowest BCUT2D eigenvalue weighted by atomic mass is 9.86. The standard InChI is InChI=1S/C16H24O3Si/c1-12(2)14(17)15(18)16(3,19-20(4,5)6)13-10-8-7-9-11-13/h7-12H,1-6H3. The summed E-state index contributed by atoms with van der Waals surface area (Å²) in [5, 5.41) is 0. The molecule has 3 nitrogen and oxygen atoms in total. The largest absolute Gasteiger partial charge is 0.401 e. The van der Waals surface area contributed by atoms with Crippen LogP contribution in [0.15, 0.2) is 30.3 Å². The zero-order valence-electron chi connectivity index (χ0n) is 13.2. The fourth-order valence-electron chi connectivity index (χ4n) is 2.10. The van der Waals surface area contributed by atoms with E-state index in [0.717, 1.165) is 5.56 Å². The Hall–Kier alpha value is -1.26. The Balaban J connectivity index is 3.28. The summed E-state index contributed by atoms with van der Waals surface area (Å²) in [6.45, 7) is 11.2. The molecule has 0 radical (unpaired) electrons. The summed E-state index contributed by atoms with van der Waals surface area (Å²) < 4.78 is 6.11. The normalized spacial score (nSPS) is 14.9. The minimum absolute atomic E-state index is 0.323. The second-order valence-corrected chi connectivity index (χ2v) is 10.9. The summed E-state index contributed by atoms with van der Waals surface area (Å²) in [5.41, 5.74) is -0.450. The van der Waals surface area contributed by atoms with Gasteiger partial charge in [-0.05, 0) is 32.1 Å². The summed E-state index contributed by atoms with van der Waals surface area (Å²) in [6.07, 6.45) is 0. The van der Waals surface area contributed by atoms with Crippen LogP contribution >= 0.6 is 0 Å². The van der Waals surface area contributed by atoms with Crippen LogP contribution in [-0.2, 0) is 19.6 Å². The molecule has 110 valence electrons. The van der Waals surface area contributed by atoms with Crippen LogP contribution < -0.4 is 0 Å². The molecule has 0 aliphatic carbocycles. The Morgan fingerprint density at radius 3 is 2.00 bits per heavy atom. The highest BCUT2D eigenvalue weighted by Gasteiger charge is 2.43. The summed E-state index contributed by atoms with van der Waals surface area (Å²) in [5.74, 6) is -1.16. The van der Waals surface area contributed by atoms with Gasteiger partial charge in [-0.25, -0.2) is 0 Å². The van der Waals surface area contributed by atoms with E-state index in [9.17, 15) is 9.59 Å². The van der Waals surface area contributed by atoms with Crippen molar-refractivity contribution in [2.75, 3.05) is 0 Å². The molecule has 0 aliphatic heterocycles. The van der Waals surface area contributed by atoms with Crippen LogP contribution in [0.1, 0.15) is 26.3 Å². The van der Waals surface area contributed by atoms with E-state index in [-0.39, 0.29) is 11.7 Å². The Kier molecular flexibility index (Phi) is 5.05. The Morgan fingerprint density at radius 1 is 1.10 bits per heavy atom. The van der Waals surface area contributed by atoms with Gasteiger partial charge in [-0.15, -0.1) is 0 Å². The molecule has 0 fully saturated rings. The quantitative estimate of drug-likeness (QED) is 0.595. The van der Waals surface area contributed by atoms with Crippen molar-refractivity contribution >= 4 is 19.9 Å². The maximum atomic E-state index is 12.6. The van der Waals surface area contributed by atoms with E-state index >= 15 is 0 Å². The van der Waals surface area contributed by atoms with Gasteiger partial charge in [-0.3, -0.25) is 9.59 Å². The molecule has 4 heteroatoms. The molecule has 1 atom stereocenters.